The van der Waals surface area contributed by atoms with Gasteiger partial charge < -0.3 is 10.2 Å². The number of aromatic hydroxyl groups is 2. The quantitative estimate of drug-likeness (QED) is 0.641. The summed E-state index contributed by atoms with van der Waals surface area (Å²) in [5.41, 5.74) is 4.15. The first-order valence-corrected chi connectivity index (χ1v) is 10.2. The zero-order chi connectivity index (χ0) is 18.2. The minimum atomic E-state index is 0.120. The van der Waals surface area contributed by atoms with E-state index in [0.29, 0.717) is 16.7 Å². The van der Waals surface area contributed by atoms with Crippen LogP contribution in [-0.2, 0) is 18.3 Å². The molecule has 0 radical (unpaired) electrons. The van der Waals surface area contributed by atoms with Gasteiger partial charge in [-0.25, -0.2) is 0 Å². The second-order valence-corrected chi connectivity index (χ2v) is 10.2. The van der Waals surface area contributed by atoms with Gasteiger partial charge in [0.2, 0.25) is 0 Å². The van der Waals surface area contributed by atoms with Crippen molar-refractivity contribution in [1.82, 2.24) is 0 Å². The number of phenolic OH excluding ortho intramolecular Hbond substituents is 2. The van der Waals surface area contributed by atoms with Gasteiger partial charge in [0.15, 0.2) is 11.5 Å². The maximum absolute atomic E-state index is 10.7. The van der Waals surface area contributed by atoms with Gasteiger partial charge >= 0.3 is 0 Å². The highest BCUT2D eigenvalue weighted by Gasteiger charge is 2.61. The summed E-state index contributed by atoms with van der Waals surface area (Å²) in [5.74, 6) is 1.63. The third kappa shape index (κ3) is 2.09. The van der Waals surface area contributed by atoms with E-state index in [1.165, 1.54) is 37.7 Å². The van der Waals surface area contributed by atoms with Crippen LogP contribution in [0.1, 0.15) is 83.4 Å². The van der Waals surface area contributed by atoms with E-state index in [0.717, 1.165) is 29.9 Å². The van der Waals surface area contributed by atoms with E-state index in [1.807, 2.05) is 0 Å². The molecule has 0 aliphatic heterocycles. The van der Waals surface area contributed by atoms with Crippen LogP contribution in [0.15, 0.2) is 6.07 Å². The fourth-order valence-corrected chi connectivity index (χ4v) is 7.37. The van der Waals surface area contributed by atoms with Crippen LogP contribution in [0.5, 0.6) is 11.5 Å². The Bertz CT molecular complexity index is 719. The molecule has 3 aliphatic rings. The number of fused-ring (bicyclic) bond motifs is 5. The molecular weight excluding hydrogens is 308 g/mol. The molecule has 1 aromatic rings. The van der Waals surface area contributed by atoms with Crippen molar-refractivity contribution in [1.29, 1.82) is 0 Å². The number of aryl methyl sites for hydroxylation is 1. The second kappa shape index (κ2) is 5.18. The van der Waals surface area contributed by atoms with Crippen LogP contribution in [0.25, 0.3) is 0 Å². The van der Waals surface area contributed by atoms with Crippen molar-refractivity contribution in [2.75, 3.05) is 0 Å². The number of hydrogen-bond acceptors (Lipinski definition) is 2. The summed E-state index contributed by atoms with van der Waals surface area (Å²) in [6.45, 7) is 12.0. The predicted molar refractivity (Wildman–Crippen MR) is 102 cm³/mol. The smallest absolute Gasteiger partial charge is 0.161 e. The number of hydrogen-bond donors (Lipinski definition) is 2. The van der Waals surface area contributed by atoms with Gasteiger partial charge in [-0.1, -0.05) is 47.1 Å². The lowest BCUT2D eigenvalue weighted by Crippen LogP contribution is -2.55. The SMILES string of the molecule is CCc1cc2c(c(O)c1O)CC1C2(C)CCC2C(C)(C)CCCC21C. The molecule has 2 N–H and O–H groups in total. The van der Waals surface area contributed by atoms with Crippen LogP contribution in [-0.4, -0.2) is 10.2 Å². The van der Waals surface area contributed by atoms with Crippen LogP contribution in [0.2, 0.25) is 0 Å². The first-order valence-electron chi connectivity index (χ1n) is 10.2. The van der Waals surface area contributed by atoms with E-state index in [2.05, 4.69) is 40.7 Å². The Morgan fingerprint density at radius 2 is 1.72 bits per heavy atom. The van der Waals surface area contributed by atoms with Gasteiger partial charge in [0, 0.05) is 5.56 Å². The molecule has 0 spiro atoms. The number of phenols is 2. The molecule has 25 heavy (non-hydrogen) atoms. The van der Waals surface area contributed by atoms with Crippen LogP contribution in [0.4, 0.5) is 0 Å². The molecular formula is C23H34O2. The molecule has 2 nitrogen and oxygen atoms in total. The zero-order valence-electron chi connectivity index (χ0n) is 16.6. The number of benzene rings is 1. The molecule has 4 rings (SSSR count). The van der Waals surface area contributed by atoms with Crippen LogP contribution in [0.3, 0.4) is 0 Å². The van der Waals surface area contributed by atoms with Gasteiger partial charge in [0.05, 0.1) is 0 Å². The van der Waals surface area contributed by atoms with Crippen LogP contribution >= 0.6 is 0 Å². The summed E-state index contributed by atoms with van der Waals surface area (Å²) in [7, 11) is 0. The Morgan fingerprint density at radius 3 is 2.40 bits per heavy atom. The van der Waals surface area contributed by atoms with E-state index < -0.39 is 0 Å². The van der Waals surface area contributed by atoms with Crippen molar-refractivity contribution in [2.24, 2.45) is 22.7 Å². The zero-order valence-corrected chi connectivity index (χ0v) is 16.6. The maximum Gasteiger partial charge on any atom is 0.161 e. The largest absolute Gasteiger partial charge is 0.504 e. The highest BCUT2D eigenvalue weighted by molar-refractivity contribution is 5.59. The molecule has 2 saturated carbocycles. The molecule has 2 fully saturated rings. The van der Waals surface area contributed by atoms with Crippen molar-refractivity contribution in [3.8, 4) is 11.5 Å². The molecule has 4 atom stereocenters. The standard InChI is InChI=1S/C23H34O2/c1-6-14-12-16-15(20(25)19(14)24)13-18-22(16,4)11-8-17-21(2,3)9-7-10-23(17,18)5/h12,17-18,24-25H,6-11,13H2,1-5H3. The molecule has 0 aromatic heterocycles. The van der Waals surface area contributed by atoms with Crippen molar-refractivity contribution in [3.63, 3.8) is 0 Å². The molecule has 3 aliphatic carbocycles. The van der Waals surface area contributed by atoms with E-state index in [1.54, 1.807) is 0 Å². The molecule has 4 unspecified atom stereocenters. The van der Waals surface area contributed by atoms with Crippen LogP contribution < -0.4 is 0 Å². The first-order chi connectivity index (χ1) is 11.6. The number of rotatable bonds is 1. The average Bonchev–Trinajstić information content (AvgIpc) is 2.84. The molecule has 0 amide bonds. The van der Waals surface area contributed by atoms with E-state index in [9.17, 15) is 10.2 Å². The van der Waals surface area contributed by atoms with Crippen molar-refractivity contribution in [3.05, 3.63) is 22.8 Å². The molecule has 0 heterocycles. The Balaban J connectivity index is 1.85. The Kier molecular flexibility index (Phi) is 3.57. The Morgan fingerprint density at radius 1 is 1.00 bits per heavy atom. The summed E-state index contributed by atoms with van der Waals surface area (Å²) in [4.78, 5) is 0. The summed E-state index contributed by atoms with van der Waals surface area (Å²) >= 11 is 0. The van der Waals surface area contributed by atoms with Gasteiger partial charge in [-0.05, 0) is 77.7 Å². The predicted octanol–water partition coefficient (Wildman–Crippen LogP) is 5.72. The molecule has 1 aromatic carbocycles. The van der Waals surface area contributed by atoms with Crippen molar-refractivity contribution < 1.29 is 10.2 Å². The topological polar surface area (TPSA) is 40.5 Å². The highest BCUT2D eigenvalue weighted by atomic mass is 16.3. The van der Waals surface area contributed by atoms with Gasteiger partial charge in [-0.2, -0.15) is 0 Å². The second-order valence-electron chi connectivity index (χ2n) is 10.2. The Labute approximate surface area is 152 Å². The molecule has 0 bridgehead atoms. The van der Waals surface area contributed by atoms with Gasteiger partial charge in [-0.3, -0.25) is 0 Å². The van der Waals surface area contributed by atoms with Gasteiger partial charge in [0.1, 0.15) is 0 Å². The van der Waals surface area contributed by atoms with Crippen LogP contribution in [0, 0.1) is 22.7 Å². The van der Waals surface area contributed by atoms with Crippen molar-refractivity contribution >= 4 is 0 Å². The first kappa shape index (κ1) is 17.2. The monoisotopic (exact) mass is 342 g/mol. The highest BCUT2D eigenvalue weighted by Crippen LogP contribution is 2.68. The lowest BCUT2D eigenvalue weighted by atomic mass is 9.43. The van der Waals surface area contributed by atoms with E-state index >= 15 is 0 Å². The summed E-state index contributed by atoms with van der Waals surface area (Å²) < 4.78 is 0. The minimum Gasteiger partial charge on any atom is -0.504 e. The van der Waals surface area contributed by atoms with Gasteiger partial charge in [-0.15, -0.1) is 0 Å². The van der Waals surface area contributed by atoms with Gasteiger partial charge in [0.25, 0.3) is 0 Å². The average molecular weight is 343 g/mol. The fourth-order valence-electron chi connectivity index (χ4n) is 7.37. The summed E-state index contributed by atoms with van der Waals surface area (Å²) in [5, 5.41) is 21.1. The maximum atomic E-state index is 10.7. The van der Waals surface area contributed by atoms with Crippen molar-refractivity contribution in [2.45, 2.75) is 85.0 Å². The summed E-state index contributed by atoms with van der Waals surface area (Å²) in [6.07, 6.45) is 8.16. The fraction of sp³-hybridized carbons (Fsp3) is 0.739. The Hall–Kier alpha value is -1.18. The normalized spacial score (nSPS) is 38.8. The van der Waals surface area contributed by atoms with E-state index in [4.69, 9.17) is 0 Å². The lowest BCUT2D eigenvalue weighted by Gasteiger charge is -2.61. The van der Waals surface area contributed by atoms with E-state index in [-0.39, 0.29) is 16.9 Å². The molecule has 138 valence electrons. The molecule has 2 heteroatoms. The lowest BCUT2D eigenvalue weighted by molar-refractivity contribution is -0.0983. The third-order valence-corrected chi connectivity index (χ3v) is 8.66. The summed E-state index contributed by atoms with van der Waals surface area (Å²) in [6, 6.07) is 2.21. The minimum absolute atomic E-state index is 0.120. The third-order valence-electron chi connectivity index (χ3n) is 8.66. The molecule has 0 saturated heterocycles.